The van der Waals surface area contributed by atoms with Crippen LogP contribution in [0.5, 0.6) is 0 Å². The van der Waals surface area contributed by atoms with Crippen molar-refractivity contribution in [2.24, 2.45) is 5.73 Å². The zero-order valence-electron chi connectivity index (χ0n) is 8.56. The molecule has 2 rings (SSSR count). The van der Waals surface area contributed by atoms with E-state index in [0.29, 0.717) is 12.6 Å². The highest BCUT2D eigenvalue weighted by atomic mass is 28.6. The monoisotopic (exact) mass is 338 g/mol. The third-order valence-electron chi connectivity index (χ3n) is 1.90. The summed E-state index contributed by atoms with van der Waals surface area (Å²) < 4.78 is 37.4. The van der Waals surface area contributed by atoms with Gasteiger partial charge >= 0.3 is 37.4 Å². The summed E-state index contributed by atoms with van der Waals surface area (Å²) in [5.74, 6) is 0. The molecule has 0 aromatic rings. The van der Waals surface area contributed by atoms with Gasteiger partial charge in [-0.1, -0.05) is 0 Å². The summed E-state index contributed by atoms with van der Waals surface area (Å²) in [5, 5.41) is 0. The zero-order valence-corrected chi connectivity index (χ0v) is 14.6. The Hall–Kier alpha value is 0.981. The minimum absolute atomic E-state index is 0.530. The van der Waals surface area contributed by atoms with Gasteiger partial charge < -0.3 is 34.5 Å². The molecule has 2 aliphatic rings. The summed E-state index contributed by atoms with van der Waals surface area (Å²) in [4.78, 5) is 0. The van der Waals surface area contributed by atoms with Crippen LogP contribution in [0.2, 0.25) is 6.04 Å². The lowest BCUT2D eigenvalue weighted by Crippen LogP contribution is -2.68. The maximum Gasteiger partial charge on any atom is 0.553 e. The Morgan fingerprint density at radius 1 is 1.06 bits per heavy atom. The van der Waals surface area contributed by atoms with Crippen LogP contribution in [0.25, 0.3) is 0 Å². The van der Waals surface area contributed by atoms with Gasteiger partial charge in [-0.2, -0.15) is 0 Å². The first-order valence-corrected chi connectivity index (χ1v) is 11.0. The quantitative estimate of drug-likeness (QED) is 0.552. The highest BCUT2D eigenvalue weighted by Crippen LogP contribution is 2.29. The third-order valence-corrected chi connectivity index (χ3v) is 12.6. The van der Waals surface area contributed by atoms with E-state index in [2.05, 4.69) is 21.0 Å². The predicted molar refractivity (Wildman–Crippen MR) is 60.6 cm³/mol. The van der Waals surface area contributed by atoms with E-state index < -0.39 is 37.4 Å². The van der Waals surface area contributed by atoms with Crippen LogP contribution in [0.15, 0.2) is 0 Å². The standard InChI is InChI=1S/C3H8NO7Si6/c4-2-1-3-17-9-14(5-12)7-16(11-17)8-15(6-13)10-17/h1-4H2. The Labute approximate surface area is 112 Å². The average molecular weight is 339 g/mol. The Morgan fingerprint density at radius 2 is 1.65 bits per heavy atom. The number of rotatable bonds is 5. The number of fused-ring (bicyclic) bond motifs is 2. The van der Waals surface area contributed by atoms with Crippen LogP contribution in [0.4, 0.5) is 0 Å². The van der Waals surface area contributed by atoms with E-state index in [1.165, 1.54) is 0 Å². The minimum Gasteiger partial charge on any atom is -0.414 e. The molecule has 17 heavy (non-hydrogen) atoms. The maximum atomic E-state index is 5.65. The van der Waals surface area contributed by atoms with E-state index in [1.807, 2.05) is 0 Å². The SMILES string of the molecule is NCCC[Si]12O[Si](O[Si])O[Si](O[Si](O[Si])O1)O2. The second-order valence-electron chi connectivity index (χ2n) is 3.04. The molecule has 0 amide bonds. The summed E-state index contributed by atoms with van der Waals surface area (Å²) in [6, 6.07) is 0.595. The maximum absolute atomic E-state index is 5.65. The minimum atomic E-state index is -2.83. The second kappa shape index (κ2) is 6.43. The van der Waals surface area contributed by atoms with Crippen molar-refractivity contribution < 1.29 is 28.8 Å². The lowest BCUT2D eigenvalue weighted by molar-refractivity contribution is 0.0687. The second-order valence-corrected chi connectivity index (χ2v) is 12.1. The largest absolute Gasteiger partial charge is 0.553 e. The summed E-state index contributed by atoms with van der Waals surface area (Å²) in [5.41, 5.74) is 5.48. The number of hydrogen-bond donors (Lipinski definition) is 1. The molecule has 0 unspecified atom stereocenters. The van der Waals surface area contributed by atoms with Crippen molar-refractivity contribution in [1.82, 2.24) is 0 Å². The van der Waals surface area contributed by atoms with Gasteiger partial charge in [0.25, 0.3) is 0 Å². The lowest BCUT2D eigenvalue weighted by atomic mass is 10.5. The van der Waals surface area contributed by atoms with E-state index >= 15 is 0 Å². The number of hydrogen-bond acceptors (Lipinski definition) is 8. The fourth-order valence-electron chi connectivity index (χ4n) is 1.24. The van der Waals surface area contributed by atoms with Gasteiger partial charge in [0.2, 0.25) is 21.0 Å². The molecule has 14 heteroatoms. The van der Waals surface area contributed by atoms with Gasteiger partial charge in [-0.15, -0.1) is 0 Å². The van der Waals surface area contributed by atoms with Gasteiger partial charge in [0.05, 0.1) is 0 Å². The Kier molecular flexibility index (Phi) is 5.44. The molecule has 2 aliphatic heterocycles. The molecule has 0 aliphatic carbocycles. The van der Waals surface area contributed by atoms with Crippen molar-refractivity contribution in [2.45, 2.75) is 12.5 Å². The fraction of sp³-hybridized carbons (Fsp3) is 1.00. The van der Waals surface area contributed by atoms with Crippen LogP contribution in [0.1, 0.15) is 6.42 Å². The first-order chi connectivity index (χ1) is 8.21. The fourth-order valence-corrected chi connectivity index (χ4v) is 13.7. The summed E-state index contributed by atoms with van der Waals surface area (Å²) in [6.45, 7) is 0.530. The van der Waals surface area contributed by atoms with Gasteiger partial charge in [0.15, 0.2) is 0 Å². The number of nitrogens with two attached hydrogens (primary N) is 1. The summed E-state index contributed by atoms with van der Waals surface area (Å²) in [7, 11) is -2.76. The molecule has 0 atom stereocenters. The van der Waals surface area contributed by atoms with Crippen molar-refractivity contribution in [3.05, 3.63) is 0 Å². The van der Waals surface area contributed by atoms with Gasteiger partial charge in [0.1, 0.15) is 0 Å². The average Bonchev–Trinajstić information content (AvgIpc) is 2.35. The van der Waals surface area contributed by atoms with Gasteiger partial charge in [-0.3, -0.25) is 0 Å². The third kappa shape index (κ3) is 3.50. The van der Waals surface area contributed by atoms with E-state index in [9.17, 15) is 0 Å². The van der Waals surface area contributed by atoms with Gasteiger partial charge in [0, 0.05) is 6.04 Å². The molecule has 2 saturated heterocycles. The van der Waals surface area contributed by atoms with Crippen LogP contribution in [0.3, 0.4) is 0 Å². The summed E-state index contributed by atoms with van der Waals surface area (Å²) in [6.07, 6.45) is 0.731. The highest BCUT2D eigenvalue weighted by Gasteiger charge is 2.60. The Bertz CT molecular complexity index is 244. The molecule has 0 aromatic heterocycles. The van der Waals surface area contributed by atoms with Crippen molar-refractivity contribution in [3.8, 4) is 0 Å². The molecule has 9 radical (unpaired) electrons. The molecular weight excluding hydrogens is 331 g/mol. The smallest absolute Gasteiger partial charge is 0.414 e. The molecule has 0 aromatic carbocycles. The molecule has 2 heterocycles. The van der Waals surface area contributed by atoms with E-state index in [-0.39, 0.29) is 0 Å². The molecule has 0 saturated carbocycles. The normalized spacial score (nSPS) is 26.3. The summed E-state index contributed by atoms with van der Waals surface area (Å²) >= 11 is 0. The van der Waals surface area contributed by atoms with Gasteiger partial charge in [-0.05, 0) is 13.0 Å². The van der Waals surface area contributed by atoms with Crippen molar-refractivity contribution >= 4 is 58.4 Å². The van der Waals surface area contributed by atoms with Crippen LogP contribution < -0.4 is 5.73 Å². The van der Waals surface area contributed by atoms with E-state index in [0.717, 1.165) is 6.42 Å². The van der Waals surface area contributed by atoms with Crippen molar-refractivity contribution in [1.29, 1.82) is 0 Å². The van der Waals surface area contributed by atoms with E-state index in [4.69, 9.17) is 34.5 Å². The highest BCUT2D eigenvalue weighted by molar-refractivity contribution is 6.84. The van der Waals surface area contributed by atoms with Crippen LogP contribution in [-0.4, -0.2) is 64.9 Å². The molecule has 91 valence electrons. The van der Waals surface area contributed by atoms with Crippen LogP contribution >= 0.6 is 0 Å². The first-order valence-electron chi connectivity index (χ1n) is 4.62. The molecule has 2 bridgehead atoms. The topological polar surface area (TPSA) is 90.6 Å². The van der Waals surface area contributed by atoms with Crippen molar-refractivity contribution in [2.75, 3.05) is 6.54 Å². The molecule has 8 nitrogen and oxygen atoms in total. The molecule has 2 fully saturated rings. The Morgan fingerprint density at radius 3 is 2.12 bits per heavy atom. The molecule has 0 spiro atoms. The van der Waals surface area contributed by atoms with Crippen molar-refractivity contribution in [3.63, 3.8) is 0 Å². The molecule has 2 N–H and O–H groups in total. The predicted octanol–water partition coefficient (Wildman–Crippen LogP) is -2.46. The van der Waals surface area contributed by atoms with E-state index in [1.54, 1.807) is 0 Å². The lowest BCUT2D eigenvalue weighted by Gasteiger charge is -2.42. The van der Waals surface area contributed by atoms with Crippen LogP contribution in [0, 0.1) is 0 Å². The molecular formula is C3H8NO7Si6. The van der Waals surface area contributed by atoms with Gasteiger partial charge in [-0.25, -0.2) is 0 Å². The Balaban J connectivity index is 2.06. The van der Waals surface area contributed by atoms with Crippen LogP contribution in [-0.2, 0) is 28.8 Å². The zero-order chi connectivity index (χ0) is 12.3. The first kappa shape index (κ1) is 14.4.